The number of rotatable bonds is 6. The van der Waals surface area contributed by atoms with Crippen molar-refractivity contribution in [2.24, 2.45) is 5.92 Å². The van der Waals surface area contributed by atoms with Crippen molar-refractivity contribution in [1.29, 1.82) is 0 Å². The van der Waals surface area contributed by atoms with E-state index in [4.69, 9.17) is 0 Å². The highest BCUT2D eigenvalue weighted by Crippen LogP contribution is 2.10. The molecule has 0 aromatic rings. The molecule has 1 unspecified atom stereocenters. The minimum absolute atomic E-state index is 0.236. The third-order valence-electron chi connectivity index (χ3n) is 2.95. The fraction of sp³-hybridized carbons (Fsp3) is 1.00. The smallest absolute Gasteiger partial charge is 0.215 e. The lowest BCUT2D eigenvalue weighted by atomic mass is 10.1. The van der Waals surface area contributed by atoms with E-state index in [1.54, 1.807) is 0 Å². The van der Waals surface area contributed by atoms with E-state index in [2.05, 4.69) is 23.9 Å². The maximum Gasteiger partial charge on any atom is 0.215 e. The molecule has 16 heavy (non-hydrogen) atoms. The number of piperidine rings is 1. The van der Waals surface area contributed by atoms with Crippen molar-refractivity contribution in [3.8, 4) is 0 Å². The van der Waals surface area contributed by atoms with Gasteiger partial charge in [-0.15, -0.1) is 0 Å². The summed E-state index contributed by atoms with van der Waals surface area (Å²) < 4.78 is 26.5. The number of nitrogens with one attached hydrogen (secondary N) is 2. The Labute approximate surface area is 99.2 Å². The summed E-state index contributed by atoms with van der Waals surface area (Å²) in [5.41, 5.74) is 0. The van der Waals surface area contributed by atoms with Gasteiger partial charge < -0.3 is 5.32 Å². The molecule has 0 bridgehead atoms. The Kier molecular flexibility index (Phi) is 5.72. The van der Waals surface area contributed by atoms with Gasteiger partial charge >= 0.3 is 0 Å². The van der Waals surface area contributed by atoms with Gasteiger partial charge in [0.05, 0.1) is 5.25 Å². The van der Waals surface area contributed by atoms with Gasteiger partial charge in [0.25, 0.3) is 0 Å². The summed E-state index contributed by atoms with van der Waals surface area (Å²) >= 11 is 0. The first kappa shape index (κ1) is 13.9. The molecule has 4 nitrogen and oxygen atoms in total. The van der Waals surface area contributed by atoms with Crippen LogP contribution >= 0.6 is 0 Å². The standard InChI is InChI=1S/C11H24N2O2S/c1-10(2)5-3-8-13-16(14,15)11-6-4-7-12-9-11/h10-13H,3-9H2,1-2H3. The monoisotopic (exact) mass is 248 g/mol. The number of sulfonamides is 1. The van der Waals surface area contributed by atoms with E-state index in [1.165, 1.54) is 0 Å². The second kappa shape index (κ2) is 6.57. The van der Waals surface area contributed by atoms with Crippen molar-refractivity contribution < 1.29 is 8.42 Å². The molecule has 2 N–H and O–H groups in total. The third-order valence-corrected chi connectivity index (χ3v) is 4.84. The molecule has 1 heterocycles. The summed E-state index contributed by atoms with van der Waals surface area (Å²) in [6.45, 7) is 6.43. The van der Waals surface area contributed by atoms with Crippen LogP contribution in [0.2, 0.25) is 0 Å². The Bertz CT molecular complexity index is 282. The van der Waals surface area contributed by atoms with Crippen LogP contribution in [0, 0.1) is 5.92 Å². The minimum atomic E-state index is -3.09. The molecule has 0 radical (unpaired) electrons. The maximum absolute atomic E-state index is 11.9. The van der Waals surface area contributed by atoms with Crippen molar-refractivity contribution in [2.75, 3.05) is 19.6 Å². The van der Waals surface area contributed by atoms with Crippen LogP contribution in [0.15, 0.2) is 0 Å². The first-order valence-corrected chi connectivity index (χ1v) is 7.76. The van der Waals surface area contributed by atoms with E-state index < -0.39 is 10.0 Å². The molecule has 1 aliphatic rings. The van der Waals surface area contributed by atoms with Crippen LogP contribution in [0.25, 0.3) is 0 Å². The summed E-state index contributed by atoms with van der Waals surface area (Å²) in [6, 6.07) is 0. The lowest BCUT2D eigenvalue weighted by Gasteiger charge is -2.23. The second-order valence-electron chi connectivity index (χ2n) is 4.94. The summed E-state index contributed by atoms with van der Waals surface area (Å²) in [5, 5.41) is 2.89. The summed E-state index contributed by atoms with van der Waals surface area (Å²) in [6.07, 6.45) is 3.74. The van der Waals surface area contributed by atoms with E-state index >= 15 is 0 Å². The van der Waals surface area contributed by atoms with Crippen molar-refractivity contribution in [1.82, 2.24) is 10.0 Å². The van der Waals surface area contributed by atoms with Gasteiger partial charge in [0.2, 0.25) is 10.0 Å². The molecule has 96 valence electrons. The van der Waals surface area contributed by atoms with Crippen molar-refractivity contribution in [3.05, 3.63) is 0 Å². The molecule has 0 saturated carbocycles. The molecular weight excluding hydrogens is 224 g/mol. The van der Waals surface area contributed by atoms with Gasteiger partial charge in [-0.05, 0) is 38.1 Å². The summed E-state index contributed by atoms with van der Waals surface area (Å²) in [5.74, 6) is 0.640. The van der Waals surface area contributed by atoms with E-state index in [0.29, 0.717) is 19.0 Å². The highest BCUT2D eigenvalue weighted by molar-refractivity contribution is 7.90. The van der Waals surface area contributed by atoms with Crippen LogP contribution < -0.4 is 10.0 Å². The van der Waals surface area contributed by atoms with Gasteiger partial charge in [0.15, 0.2) is 0 Å². The van der Waals surface area contributed by atoms with Crippen molar-refractivity contribution >= 4 is 10.0 Å². The predicted octanol–water partition coefficient (Wildman–Crippen LogP) is 1.09. The first-order valence-electron chi connectivity index (χ1n) is 6.21. The molecule has 1 atom stereocenters. The average Bonchev–Trinajstić information content (AvgIpc) is 2.26. The van der Waals surface area contributed by atoms with E-state index in [-0.39, 0.29) is 5.25 Å². The molecule has 0 spiro atoms. The van der Waals surface area contributed by atoms with Gasteiger partial charge in [-0.1, -0.05) is 13.8 Å². The summed E-state index contributed by atoms with van der Waals surface area (Å²) in [4.78, 5) is 0. The van der Waals surface area contributed by atoms with Crippen LogP contribution in [0.3, 0.4) is 0 Å². The molecule has 1 saturated heterocycles. The Hall–Kier alpha value is -0.130. The maximum atomic E-state index is 11.9. The molecular formula is C11H24N2O2S. The van der Waals surface area contributed by atoms with E-state index in [0.717, 1.165) is 32.2 Å². The molecule has 1 aliphatic heterocycles. The van der Waals surface area contributed by atoms with E-state index in [9.17, 15) is 8.42 Å². The zero-order valence-electron chi connectivity index (χ0n) is 10.3. The van der Waals surface area contributed by atoms with Crippen LogP contribution in [0.4, 0.5) is 0 Å². The zero-order chi connectivity index (χ0) is 12.0. The Morgan fingerprint density at radius 2 is 2.19 bits per heavy atom. The van der Waals surface area contributed by atoms with Crippen LogP contribution in [-0.2, 0) is 10.0 Å². The van der Waals surface area contributed by atoms with Crippen LogP contribution in [0.1, 0.15) is 39.5 Å². The first-order chi connectivity index (χ1) is 7.52. The van der Waals surface area contributed by atoms with Crippen molar-refractivity contribution in [2.45, 2.75) is 44.8 Å². The molecule has 0 aromatic heterocycles. The zero-order valence-corrected chi connectivity index (χ0v) is 11.1. The van der Waals surface area contributed by atoms with Gasteiger partial charge in [-0.25, -0.2) is 13.1 Å². The number of hydrogen-bond acceptors (Lipinski definition) is 3. The Balaban J connectivity index is 2.27. The molecule has 1 rings (SSSR count). The lowest BCUT2D eigenvalue weighted by Crippen LogP contribution is -2.44. The van der Waals surface area contributed by atoms with E-state index in [1.807, 2.05) is 0 Å². The van der Waals surface area contributed by atoms with Gasteiger partial charge in [-0.3, -0.25) is 0 Å². The Morgan fingerprint density at radius 3 is 2.75 bits per heavy atom. The van der Waals surface area contributed by atoms with Crippen LogP contribution in [-0.4, -0.2) is 33.3 Å². The van der Waals surface area contributed by atoms with Crippen LogP contribution in [0.5, 0.6) is 0 Å². The quantitative estimate of drug-likeness (QED) is 0.692. The normalized spacial score (nSPS) is 22.6. The average molecular weight is 248 g/mol. The third kappa shape index (κ3) is 4.80. The highest BCUT2D eigenvalue weighted by Gasteiger charge is 2.26. The topological polar surface area (TPSA) is 58.2 Å². The molecule has 0 aromatic carbocycles. The van der Waals surface area contributed by atoms with Gasteiger partial charge in [-0.2, -0.15) is 0 Å². The number of hydrogen-bond donors (Lipinski definition) is 2. The second-order valence-corrected chi connectivity index (χ2v) is 6.99. The lowest BCUT2D eigenvalue weighted by molar-refractivity contribution is 0.486. The fourth-order valence-electron chi connectivity index (χ4n) is 1.93. The van der Waals surface area contributed by atoms with Crippen molar-refractivity contribution in [3.63, 3.8) is 0 Å². The SMILES string of the molecule is CC(C)CCCNS(=O)(=O)C1CCCNC1. The largest absolute Gasteiger partial charge is 0.315 e. The fourth-order valence-corrected chi connectivity index (χ4v) is 3.41. The molecule has 1 fully saturated rings. The molecule has 0 aliphatic carbocycles. The molecule has 0 amide bonds. The predicted molar refractivity (Wildman–Crippen MR) is 66.9 cm³/mol. The minimum Gasteiger partial charge on any atom is -0.315 e. The van der Waals surface area contributed by atoms with Gasteiger partial charge in [0, 0.05) is 13.1 Å². The summed E-state index contributed by atoms with van der Waals surface area (Å²) in [7, 11) is -3.09. The Morgan fingerprint density at radius 1 is 1.44 bits per heavy atom. The van der Waals surface area contributed by atoms with Gasteiger partial charge in [0.1, 0.15) is 0 Å². The molecule has 5 heteroatoms. The highest BCUT2D eigenvalue weighted by atomic mass is 32.2.